The van der Waals surface area contributed by atoms with Gasteiger partial charge in [-0.15, -0.1) is 0 Å². The fraction of sp³-hybridized carbons (Fsp3) is 0.600. The standard InChI is InChI=1S/C20H28N2O2/c23-19(21-15-9-3-1-4-10-15)17-13-7-8-14-18(17)20(24)22-16-11-5-2-6-12-16/h1-3,5,7-8,15-18H,4,6,9-14H2,(H,21,23)(H,22,24)/t15-,16+,17-,18+. The van der Waals surface area contributed by atoms with Gasteiger partial charge < -0.3 is 10.6 Å². The molecule has 3 aliphatic carbocycles. The third-order valence-electron chi connectivity index (χ3n) is 5.34. The highest BCUT2D eigenvalue weighted by atomic mass is 16.2. The predicted molar refractivity (Wildman–Crippen MR) is 95.2 cm³/mol. The van der Waals surface area contributed by atoms with Crippen LogP contribution in [-0.2, 0) is 9.59 Å². The summed E-state index contributed by atoms with van der Waals surface area (Å²) in [6, 6.07) is 0.446. The molecule has 2 N–H and O–H groups in total. The maximum atomic E-state index is 12.7. The number of hydrogen-bond acceptors (Lipinski definition) is 2. The van der Waals surface area contributed by atoms with E-state index >= 15 is 0 Å². The van der Waals surface area contributed by atoms with E-state index in [0.717, 1.165) is 38.5 Å². The molecule has 0 aromatic rings. The van der Waals surface area contributed by atoms with Gasteiger partial charge >= 0.3 is 0 Å². The number of carbonyl (C=O) groups excluding carboxylic acids is 2. The summed E-state index contributed by atoms with van der Waals surface area (Å²) in [5.74, 6) is -0.383. The molecule has 0 saturated heterocycles. The summed E-state index contributed by atoms with van der Waals surface area (Å²) in [5.41, 5.74) is 0. The molecule has 3 aliphatic rings. The Labute approximate surface area is 144 Å². The van der Waals surface area contributed by atoms with Crippen molar-refractivity contribution in [2.45, 2.75) is 63.5 Å². The van der Waals surface area contributed by atoms with E-state index in [9.17, 15) is 9.59 Å². The van der Waals surface area contributed by atoms with E-state index in [2.05, 4.69) is 34.9 Å². The Hall–Kier alpha value is -1.84. The first-order valence-electron chi connectivity index (χ1n) is 9.30. The van der Waals surface area contributed by atoms with Crippen LogP contribution >= 0.6 is 0 Å². The smallest absolute Gasteiger partial charge is 0.224 e. The summed E-state index contributed by atoms with van der Waals surface area (Å²) < 4.78 is 0. The molecular formula is C20H28N2O2. The Balaban J connectivity index is 1.58. The van der Waals surface area contributed by atoms with Crippen LogP contribution in [0.1, 0.15) is 51.4 Å². The van der Waals surface area contributed by atoms with E-state index in [-0.39, 0.29) is 35.7 Å². The van der Waals surface area contributed by atoms with Crippen LogP contribution in [0.25, 0.3) is 0 Å². The maximum Gasteiger partial charge on any atom is 0.224 e. The van der Waals surface area contributed by atoms with Crippen molar-refractivity contribution in [2.24, 2.45) is 11.8 Å². The van der Waals surface area contributed by atoms with Crippen LogP contribution in [0.2, 0.25) is 0 Å². The zero-order chi connectivity index (χ0) is 16.8. The third-order valence-corrected chi connectivity index (χ3v) is 5.34. The summed E-state index contributed by atoms with van der Waals surface area (Å²) >= 11 is 0. The Morgan fingerprint density at radius 1 is 0.625 bits per heavy atom. The zero-order valence-corrected chi connectivity index (χ0v) is 14.2. The van der Waals surface area contributed by atoms with Crippen LogP contribution in [0.3, 0.4) is 0 Å². The van der Waals surface area contributed by atoms with Crippen LogP contribution in [0.4, 0.5) is 0 Å². The van der Waals surface area contributed by atoms with Gasteiger partial charge in [0, 0.05) is 12.1 Å². The van der Waals surface area contributed by atoms with Gasteiger partial charge in [0.1, 0.15) is 0 Å². The summed E-state index contributed by atoms with van der Waals surface area (Å²) in [4.78, 5) is 25.4. The van der Waals surface area contributed by atoms with Crippen LogP contribution in [0.5, 0.6) is 0 Å². The SMILES string of the molecule is O=C(N[C@H]1CC=CCC1)[C@H]1CC=CC[C@H]1C(=O)N[C@@H]1CC=CCC1. The van der Waals surface area contributed by atoms with Crippen molar-refractivity contribution >= 4 is 11.8 Å². The molecule has 0 aromatic carbocycles. The molecule has 0 aromatic heterocycles. The van der Waals surface area contributed by atoms with Gasteiger partial charge in [-0.1, -0.05) is 36.5 Å². The van der Waals surface area contributed by atoms with E-state index in [0.29, 0.717) is 12.8 Å². The van der Waals surface area contributed by atoms with Gasteiger partial charge in [0.15, 0.2) is 0 Å². The molecule has 130 valence electrons. The fourth-order valence-corrected chi connectivity index (χ4v) is 3.86. The van der Waals surface area contributed by atoms with E-state index in [4.69, 9.17) is 0 Å². The number of carbonyl (C=O) groups is 2. The number of amides is 2. The fourth-order valence-electron chi connectivity index (χ4n) is 3.86. The van der Waals surface area contributed by atoms with Crippen LogP contribution in [0, 0.1) is 11.8 Å². The highest BCUT2D eigenvalue weighted by Gasteiger charge is 2.35. The Morgan fingerprint density at radius 2 is 1.04 bits per heavy atom. The van der Waals surface area contributed by atoms with Crippen molar-refractivity contribution < 1.29 is 9.59 Å². The molecule has 0 saturated carbocycles. The summed E-state index contributed by atoms with van der Waals surface area (Å²) in [6.07, 6.45) is 19.9. The monoisotopic (exact) mass is 328 g/mol. The van der Waals surface area contributed by atoms with Crippen molar-refractivity contribution in [1.82, 2.24) is 10.6 Å². The lowest BCUT2D eigenvalue weighted by molar-refractivity contribution is -0.135. The van der Waals surface area contributed by atoms with Gasteiger partial charge in [0.05, 0.1) is 11.8 Å². The van der Waals surface area contributed by atoms with E-state index in [1.54, 1.807) is 0 Å². The molecule has 0 aliphatic heterocycles. The number of allylic oxidation sites excluding steroid dienone is 4. The molecule has 0 bridgehead atoms. The second kappa shape index (κ2) is 8.32. The minimum Gasteiger partial charge on any atom is -0.353 e. The van der Waals surface area contributed by atoms with Gasteiger partial charge in [-0.25, -0.2) is 0 Å². The first kappa shape index (κ1) is 17.0. The van der Waals surface area contributed by atoms with Gasteiger partial charge in [-0.05, 0) is 51.4 Å². The molecular weight excluding hydrogens is 300 g/mol. The van der Waals surface area contributed by atoms with E-state index in [1.165, 1.54) is 0 Å². The van der Waals surface area contributed by atoms with Crippen molar-refractivity contribution in [3.63, 3.8) is 0 Å². The molecule has 0 spiro atoms. The molecule has 0 fully saturated rings. The van der Waals surface area contributed by atoms with E-state index in [1.807, 2.05) is 12.2 Å². The predicted octanol–water partition coefficient (Wildman–Crippen LogP) is 3.02. The van der Waals surface area contributed by atoms with Gasteiger partial charge in [-0.3, -0.25) is 9.59 Å². The molecule has 4 nitrogen and oxygen atoms in total. The lowest BCUT2D eigenvalue weighted by Crippen LogP contribution is -2.47. The second-order valence-corrected chi connectivity index (χ2v) is 7.14. The van der Waals surface area contributed by atoms with Gasteiger partial charge in [0.25, 0.3) is 0 Å². The molecule has 0 heterocycles. The zero-order valence-electron chi connectivity index (χ0n) is 14.2. The number of rotatable bonds is 4. The lowest BCUT2D eigenvalue weighted by Gasteiger charge is -2.30. The molecule has 4 atom stereocenters. The first-order chi connectivity index (χ1) is 11.7. The highest BCUT2D eigenvalue weighted by molar-refractivity contribution is 5.88. The maximum absolute atomic E-state index is 12.7. The molecule has 2 amide bonds. The van der Waals surface area contributed by atoms with Crippen molar-refractivity contribution in [1.29, 1.82) is 0 Å². The molecule has 4 heteroatoms. The number of hydrogen-bond donors (Lipinski definition) is 2. The quantitative estimate of drug-likeness (QED) is 0.779. The highest BCUT2D eigenvalue weighted by Crippen LogP contribution is 2.27. The van der Waals surface area contributed by atoms with Crippen molar-refractivity contribution in [3.8, 4) is 0 Å². The van der Waals surface area contributed by atoms with Gasteiger partial charge in [0.2, 0.25) is 11.8 Å². The Morgan fingerprint density at radius 3 is 1.42 bits per heavy atom. The minimum absolute atomic E-state index is 0.0448. The van der Waals surface area contributed by atoms with Crippen LogP contribution in [0.15, 0.2) is 36.5 Å². The average molecular weight is 328 g/mol. The number of nitrogens with one attached hydrogen (secondary N) is 2. The first-order valence-corrected chi connectivity index (χ1v) is 9.30. The van der Waals surface area contributed by atoms with Crippen LogP contribution in [-0.4, -0.2) is 23.9 Å². The van der Waals surface area contributed by atoms with Crippen LogP contribution < -0.4 is 10.6 Å². The van der Waals surface area contributed by atoms with E-state index < -0.39 is 0 Å². The minimum atomic E-state index is -0.236. The average Bonchev–Trinajstić information content (AvgIpc) is 2.63. The summed E-state index contributed by atoms with van der Waals surface area (Å²) in [6.45, 7) is 0. The molecule has 0 radical (unpaired) electrons. The Kier molecular flexibility index (Phi) is 5.89. The van der Waals surface area contributed by atoms with Crippen molar-refractivity contribution in [3.05, 3.63) is 36.5 Å². The molecule has 24 heavy (non-hydrogen) atoms. The topological polar surface area (TPSA) is 58.2 Å². The van der Waals surface area contributed by atoms with Crippen molar-refractivity contribution in [2.75, 3.05) is 0 Å². The van der Waals surface area contributed by atoms with Gasteiger partial charge in [-0.2, -0.15) is 0 Å². The molecule has 0 unspecified atom stereocenters. The summed E-state index contributed by atoms with van der Waals surface area (Å²) in [5, 5.41) is 6.32. The largest absolute Gasteiger partial charge is 0.353 e. The normalized spacial score (nSPS) is 32.3. The third kappa shape index (κ3) is 4.37. The molecule has 3 rings (SSSR count). The summed E-state index contributed by atoms with van der Waals surface area (Å²) in [7, 11) is 0. The Bertz CT molecular complexity index is 502. The second-order valence-electron chi connectivity index (χ2n) is 7.14. The lowest BCUT2D eigenvalue weighted by atomic mass is 9.81.